The van der Waals surface area contributed by atoms with E-state index in [1.807, 2.05) is 0 Å². The molecule has 0 amide bonds. The molecule has 0 atom stereocenters. The van der Waals surface area contributed by atoms with E-state index in [1.165, 1.54) is 6.08 Å². The Balaban J connectivity index is 2.92. The summed E-state index contributed by atoms with van der Waals surface area (Å²) in [5.41, 5.74) is 7.57. The Morgan fingerprint density at radius 2 is 2.38 bits per heavy atom. The van der Waals surface area contributed by atoms with Crippen molar-refractivity contribution in [3.63, 3.8) is 0 Å². The zero-order chi connectivity index (χ0) is 9.84. The number of aromatic nitrogens is 1. The molecule has 13 heavy (non-hydrogen) atoms. The van der Waals surface area contributed by atoms with Gasteiger partial charge < -0.3 is 10.8 Å². The monoisotopic (exact) mass is 178 g/mol. The molecule has 1 rings (SSSR count). The van der Waals surface area contributed by atoms with Crippen LogP contribution in [-0.4, -0.2) is 16.1 Å². The molecule has 4 heteroatoms. The summed E-state index contributed by atoms with van der Waals surface area (Å²) < 4.78 is 0. The molecule has 3 N–H and O–H groups in total. The Hall–Kier alpha value is -1.84. The fraction of sp³-hybridized carbons (Fsp3) is 0.111. The minimum Gasteiger partial charge on any atom is -0.478 e. The molecule has 0 aliphatic rings. The third-order valence-electron chi connectivity index (χ3n) is 1.57. The van der Waals surface area contributed by atoms with Crippen LogP contribution >= 0.6 is 0 Å². The summed E-state index contributed by atoms with van der Waals surface area (Å²) in [5, 5.41) is 8.36. The van der Waals surface area contributed by atoms with Gasteiger partial charge in [-0.15, -0.1) is 0 Å². The Kier molecular flexibility index (Phi) is 2.64. The maximum Gasteiger partial charge on any atom is 0.328 e. The van der Waals surface area contributed by atoms with Gasteiger partial charge >= 0.3 is 5.97 Å². The Labute approximate surface area is 75.7 Å². The number of nitrogens with zero attached hydrogens (tertiary/aromatic N) is 1. The van der Waals surface area contributed by atoms with Gasteiger partial charge in [-0.3, -0.25) is 4.98 Å². The van der Waals surface area contributed by atoms with Gasteiger partial charge in [0, 0.05) is 12.3 Å². The summed E-state index contributed by atoms with van der Waals surface area (Å²) in [5.74, 6) is -0.987. The minimum atomic E-state index is -0.987. The third kappa shape index (κ3) is 2.59. The number of carboxylic acid groups (broad SMARTS) is 1. The average Bonchev–Trinajstić information content (AvgIpc) is 2.07. The van der Waals surface area contributed by atoms with Crippen molar-refractivity contribution < 1.29 is 9.90 Å². The molecule has 1 heterocycles. The van der Waals surface area contributed by atoms with Crippen molar-refractivity contribution >= 4 is 17.7 Å². The quantitative estimate of drug-likeness (QED) is 0.664. The summed E-state index contributed by atoms with van der Waals surface area (Å²) in [4.78, 5) is 14.2. The van der Waals surface area contributed by atoms with Gasteiger partial charge in [0.1, 0.15) is 0 Å². The standard InChI is InChI=1S/C9H10N2O2/c1-6-8(10)4-7(5-11-6)2-3-9(12)13/h2-5H,10H2,1H3,(H,12,13). The van der Waals surface area contributed by atoms with Crippen molar-refractivity contribution in [2.75, 3.05) is 5.73 Å². The van der Waals surface area contributed by atoms with Gasteiger partial charge in [-0.25, -0.2) is 4.79 Å². The highest BCUT2D eigenvalue weighted by Gasteiger charge is 1.95. The van der Waals surface area contributed by atoms with Gasteiger partial charge in [-0.1, -0.05) is 0 Å². The first-order valence-electron chi connectivity index (χ1n) is 3.72. The van der Waals surface area contributed by atoms with Gasteiger partial charge in [0.15, 0.2) is 0 Å². The van der Waals surface area contributed by atoms with E-state index in [9.17, 15) is 4.79 Å². The number of carboxylic acids is 1. The fourth-order valence-corrected chi connectivity index (χ4v) is 0.826. The molecule has 68 valence electrons. The molecular weight excluding hydrogens is 168 g/mol. The molecule has 0 bridgehead atoms. The van der Waals surface area contributed by atoms with E-state index in [4.69, 9.17) is 10.8 Å². The first-order chi connectivity index (χ1) is 6.09. The summed E-state index contributed by atoms with van der Waals surface area (Å²) in [6.45, 7) is 1.79. The maximum atomic E-state index is 10.2. The summed E-state index contributed by atoms with van der Waals surface area (Å²) in [7, 11) is 0. The minimum absolute atomic E-state index is 0.563. The second kappa shape index (κ2) is 3.71. The van der Waals surface area contributed by atoms with Crippen molar-refractivity contribution in [3.05, 3.63) is 29.6 Å². The van der Waals surface area contributed by atoms with E-state index in [1.54, 1.807) is 19.2 Å². The van der Waals surface area contributed by atoms with Crippen molar-refractivity contribution in [1.29, 1.82) is 0 Å². The molecule has 1 aromatic rings. The maximum absolute atomic E-state index is 10.2. The lowest BCUT2D eigenvalue weighted by Gasteiger charge is -1.98. The van der Waals surface area contributed by atoms with Crippen LogP contribution in [0.2, 0.25) is 0 Å². The highest BCUT2D eigenvalue weighted by molar-refractivity contribution is 5.85. The Morgan fingerprint density at radius 3 is 2.92 bits per heavy atom. The smallest absolute Gasteiger partial charge is 0.328 e. The first kappa shape index (κ1) is 9.25. The lowest BCUT2D eigenvalue weighted by molar-refractivity contribution is -0.131. The van der Waals surface area contributed by atoms with E-state index < -0.39 is 5.97 Å². The molecule has 0 saturated heterocycles. The van der Waals surface area contributed by atoms with Crippen LogP contribution in [0.4, 0.5) is 5.69 Å². The third-order valence-corrected chi connectivity index (χ3v) is 1.57. The summed E-state index contributed by atoms with van der Waals surface area (Å²) in [6, 6.07) is 1.68. The molecular formula is C9H10N2O2. The summed E-state index contributed by atoms with van der Waals surface area (Å²) in [6.07, 6.45) is 4.07. The Bertz CT molecular complexity index is 359. The molecule has 0 radical (unpaired) electrons. The van der Waals surface area contributed by atoms with Crippen molar-refractivity contribution in [2.45, 2.75) is 6.92 Å². The lowest BCUT2D eigenvalue weighted by atomic mass is 10.2. The number of aryl methyl sites for hydroxylation is 1. The number of pyridine rings is 1. The predicted molar refractivity (Wildman–Crippen MR) is 50.1 cm³/mol. The normalized spacial score (nSPS) is 10.5. The number of anilines is 1. The zero-order valence-electron chi connectivity index (χ0n) is 7.19. The lowest BCUT2D eigenvalue weighted by Crippen LogP contribution is -1.93. The van der Waals surface area contributed by atoms with E-state index in [0.717, 1.165) is 11.8 Å². The van der Waals surface area contributed by atoms with E-state index in [0.29, 0.717) is 11.3 Å². The predicted octanol–water partition coefficient (Wildman–Crippen LogP) is 1.07. The SMILES string of the molecule is Cc1ncc(C=CC(=O)O)cc1N. The van der Waals surface area contributed by atoms with Crippen LogP contribution in [0.3, 0.4) is 0 Å². The molecule has 0 aliphatic carbocycles. The van der Waals surface area contributed by atoms with Gasteiger partial charge in [-0.2, -0.15) is 0 Å². The van der Waals surface area contributed by atoms with Crippen molar-refractivity contribution in [3.8, 4) is 0 Å². The fourth-order valence-electron chi connectivity index (χ4n) is 0.826. The largest absolute Gasteiger partial charge is 0.478 e. The van der Waals surface area contributed by atoms with Gasteiger partial charge in [0.05, 0.1) is 11.4 Å². The number of aliphatic carboxylic acids is 1. The van der Waals surface area contributed by atoms with Crippen LogP contribution in [0.5, 0.6) is 0 Å². The first-order valence-corrected chi connectivity index (χ1v) is 3.72. The van der Waals surface area contributed by atoms with E-state index >= 15 is 0 Å². The van der Waals surface area contributed by atoms with Crippen LogP contribution in [0.25, 0.3) is 6.08 Å². The molecule has 1 aromatic heterocycles. The molecule has 0 aromatic carbocycles. The number of rotatable bonds is 2. The van der Waals surface area contributed by atoms with Gasteiger partial charge in [0.25, 0.3) is 0 Å². The van der Waals surface area contributed by atoms with Crippen LogP contribution < -0.4 is 5.73 Å². The molecule has 0 saturated carbocycles. The molecule has 4 nitrogen and oxygen atoms in total. The molecule has 0 unspecified atom stereocenters. The highest BCUT2D eigenvalue weighted by Crippen LogP contribution is 2.10. The second-order valence-corrected chi connectivity index (χ2v) is 2.61. The number of nitrogens with two attached hydrogens (primary N) is 1. The summed E-state index contributed by atoms with van der Waals surface area (Å²) >= 11 is 0. The van der Waals surface area contributed by atoms with Gasteiger partial charge in [0.2, 0.25) is 0 Å². The number of hydrogen-bond acceptors (Lipinski definition) is 3. The molecule has 0 aliphatic heterocycles. The van der Waals surface area contributed by atoms with Crippen molar-refractivity contribution in [2.24, 2.45) is 0 Å². The Morgan fingerprint density at radius 1 is 1.69 bits per heavy atom. The topological polar surface area (TPSA) is 76.2 Å². The highest BCUT2D eigenvalue weighted by atomic mass is 16.4. The van der Waals surface area contributed by atoms with Crippen molar-refractivity contribution in [1.82, 2.24) is 4.98 Å². The average molecular weight is 178 g/mol. The zero-order valence-corrected chi connectivity index (χ0v) is 7.19. The van der Waals surface area contributed by atoms with Crippen LogP contribution in [0, 0.1) is 6.92 Å². The van der Waals surface area contributed by atoms with Crippen LogP contribution in [0.1, 0.15) is 11.3 Å². The number of hydrogen-bond donors (Lipinski definition) is 2. The molecule has 0 fully saturated rings. The van der Waals surface area contributed by atoms with Gasteiger partial charge in [-0.05, 0) is 24.6 Å². The number of carbonyl (C=O) groups is 1. The number of nitrogen functional groups attached to an aromatic ring is 1. The van der Waals surface area contributed by atoms with Crippen LogP contribution in [-0.2, 0) is 4.79 Å². The van der Waals surface area contributed by atoms with Crippen LogP contribution in [0.15, 0.2) is 18.3 Å². The second-order valence-electron chi connectivity index (χ2n) is 2.61. The van der Waals surface area contributed by atoms with E-state index in [-0.39, 0.29) is 0 Å². The van der Waals surface area contributed by atoms with E-state index in [2.05, 4.69) is 4.98 Å². The molecule has 0 spiro atoms.